The molecule has 7 heteroatoms. The van der Waals surface area contributed by atoms with Crippen LogP contribution >= 0.6 is 11.6 Å². The smallest absolute Gasteiger partial charge is 0.315 e. The summed E-state index contributed by atoms with van der Waals surface area (Å²) in [4.78, 5) is 15.7. The van der Waals surface area contributed by atoms with Gasteiger partial charge in [0.25, 0.3) is 0 Å². The van der Waals surface area contributed by atoms with E-state index in [1.807, 2.05) is 0 Å². The number of nitrogens with one attached hydrogen (secondary N) is 2. The monoisotopic (exact) mass is 323 g/mol. The highest BCUT2D eigenvalue weighted by atomic mass is 35.5. The molecule has 1 atom stereocenters. The molecule has 1 heterocycles. The van der Waals surface area contributed by atoms with Gasteiger partial charge >= 0.3 is 6.03 Å². The van der Waals surface area contributed by atoms with E-state index in [1.165, 1.54) is 24.4 Å². The number of pyridine rings is 1. The highest BCUT2D eigenvalue weighted by Crippen LogP contribution is 2.15. The van der Waals surface area contributed by atoms with Crippen LogP contribution in [-0.4, -0.2) is 22.7 Å². The van der Waals surface area contributed by atoms with E-state index in [4.69, 9.17) is 11.6 Å². The Kier molecular flexibility index (Phi) is 5.68. The molecule has 2 amide bonds. The van der Waals surface area contributed by atoms with E-state index in [-0.39, 0.29) is 18.7 Å². The summed E-state index contributed by atoms with van der Waals surface area (Å²) in [5.41, 5.74) is 0.788. The van der Waals surface area contributed by atoms with Gasteiger partial charge in [0.15, 0.2) is 0 Å². The van der Waals surface area contributed by atoms with Crippen LogP contribution in [0.1, 0.15) is 17.4 Å². The van der Waals surface area contributed by atoms with Gasteiger partial charge in [-0.1, -0.05) is 29.8 Å². The molecule has 0 spiro atoms. The first kappa shape index (κ1) is 16.2. The average molecular weight is 324 g/mol. The predicted molar refractivity (Wildman–Crippen MR) is 80.8 cm³/mol. The molecule has 1 unspecified atom stereocenters. The molecule has 0 saturated heterocycles. The number of urea groups is 1. The molecule has 0 aliphatic heterocycles. The number of aliphatic hydroxyl groups is 1. The van der Waals surface area contributed by atoms with E-state index in [9.17, 15) is 14.3 Å². The molecule has 0 fully saturated rings. The minimum Gasteiger partial charge on any atom is -0.386 e. The van der Waals surface area contributed by atoms with Crippen LogP contribution in [0.4, 0.5) is 9.18 Å². The molecule has 2 rings (SSSR count). The normalized spacial score (nSPS) is 11.8. The van der Waals surface area contributed by atoms with Gasteiger partial charge in [-0.25, -0.2) is 9.18 Å². The first-order valence-corrected chi connectivity index (χ1v) is 6.98. The van der Waals surface area contributed by atoms with Gasteiger partial charge < -0.3 is 15.7 Å². The number of aliphatic hydroxyl groups excluding tert-OH is 1. The van der Waals surface area contributed by atoms with Crippen LogP contribution < -0.4 is 10.6 Å². The van der Waals surface area contributed by atoms with Crippen LogP contribution in [0.2, 0.25) is 5.02 Å². The second-order valence-electron chi connectivity index (χ2n) is 4.57. The highest BCUT2D eigenvalue weighted by Gasteiger charge is 2.13. The summed E-state index contributed by atoms with van der Waals surface area (Å²) in [7, 11) is 0. The standard InChI is InChI=1S/C15H15ClFN3O2/c16-10-5-6-11(18-7-10)8-19-15(22)20-9-14(21)12-3-1-2-4-13(12)17/h1-7,14,21H,8-9H2,(H2,19,20,22). The van der Waals surface area contributed by atoms with Crippen LogP contribution in [0.3, 0.4) is 0 Å². The number of amides is 2. The fourth-order valence-electron chi connectivity index (χ4n) is 1.79. The van der Waals surface area contributed by atoms with E-state index >= 15 is 0 Å². The molecule has 22 heavy (non-hydrogen) atoms. The molecule has 0 aliphatic rings. The van der Waals surface area contributed by atoms with Crippen LogP contribution in [0, 0.1) is 5.82 Å². The third kappa shape index (κ3) is 4.68. The predicted octanol–water partition coefficient (Wildman–Crippen LogP) is 2.41. The lowest BCUT2D eigenvalue weighted by atomic mass is 10.1. The van der Waals surface area contributed by atoms with Gasteiger partial charge in [-0.2, -0.15) is 0 Å². The van der Waals surface area contributed by atoms with Crippen molar-refractivity contribution in [1.82, 2.24) is 15.6 Å². The molecule has 0 bridgehead atoms. The summed E-state index contributed by atoms with van der Waals surface area (Å²) in [5, 5.41) is 15.4. The topological polar surface area (TPSA) is 74.2 Å². The number of benzene rings is 1. The van der Waals surface area contributed by atoms with Crippen molar-refractivity contribution in [2.75, 3.05) is 6.54 Å². The molecule has 0 aliphatic carbocycles. The van der Waals surface area contributed by atoms with Crippen molar-refractivity contribution in [2.45, 2.75) is 12.6 Å². The average Bonchev–Trinajstić information content (AvgIpc) is 2.52. The maximum absolute atomic E-state index is 13.5. The Labute approximate surface area is 132 Å². The third-order valence-corrected chi connectivity index (χ3v) is 3.16. The first-order valence-electron chi connectivity index (χ1n) is 6.61. The van der Waals surface area contributed by atoms with Gasteiger partial charge in [-0.15, -0.1) is 0 Å². The van der Waals surface area contributed by atoms with E-state index in [2.05, 4.69) is 15.6 Å². The van der Waals surface area contributed by atoms with E-state index in [0.29, 0.717) is 10.7 Å². The zero-order valence-electron chi connectivity index (χ0n) is 11.6. The molecule has 5 nitrogen and oxygen atoms in total. The zero-order chi connectivity index (χ0) is 15.9. The van der Waals surface area contributed by atoms with E-state index in [1.54, 1.807) is 18.2 Å². The Morgan fingerprint density at radius 3 is 2.73 bits per heavy atom. The Morgan fingerprint density at radius 1 is 1.27 bits per heavy atom. The summed E-state index contributed by atoms with van der Waals surface area (Å²) >= 11 is 5.71. The lowest BCUT2D eigenvalue weighted by molar-refractivity contribution is 0.169. The summed E-state index contributed by atoms with van der Waals surface area (Å²) in [6.07, 6.45) is 0.374. The van der Waals surface area contributed by atoms with Gasteiger partial charge in [0, 0.05) is 18.3 Å². The van der Waals surface area contributed by atoms with Crippen LogP contribution in [0.5, 0.6) is 0 Å². The largest absolute Gasteiger partial charge is 0.386 e. The molecule has 0 radical (unpaired) electrons. The molecule has 116 valence electrons. The summed E-state index contributed by atoms with van der Waals surface area (Å²) in [6.45, 7) is 0.125. The Balaban J connectivity index is 1.78. The van der Waals surface area contributed by atoms with Gasteiger partial charge in [0.2, 0.25) is 0 Å². The number of rotatable bonds is 5. The number of halogens is 2. The Hall–Kier alpha value is -2.18. The van der Waals surface area contributed by atoms with Crippen LogP contribution in [0.25, 0.3) is 0 Å². The van der Waals surface area contributed by atoms with Crippen molar-refractivity contribution in [3.63, 3.8) is 0 Å². The SMILES string of the molecule is O=C(NCc1ccc(Cl)cn1)NCC(O)c1ccccc1F. The fourth-order valence-corrected chi connectivity index (χ4v) is 1.90. The van der Waals surface area contributed by atoms with E-state index in [0.717, 1.165) is 0 Å². The number of carbonyl (C=O) groups is 1. The molecule has 0 saturated carbocycles. The Bertz CT molecular complexity index is 637. The summed E-state index contributed by atoms with van der Waals surface area (Å²) in [6, 6.07) is 8.76. The number of carbonyl (C=O) groups excluding carboxylic acids is 1. The number of hydrogen-bond donors (Lipinski definition) is 3. The quantitative estimate of drug-likeness (QED) is 0.791. The van der Waals surface area contributed by atoms with Crippen molar-refractivity contribution in [3.05, 3.63) is 64.7 Å². The highest BCUT2D eigenvalue weighted by molar-refractivity contribution is 6.30. The molecule has 2 aromatic rings. The number of aromatic nitrogens is 1. The Morgan fingerprint density at radius 2 is 2.05 bits per heavy atom. The van der Waals surface area contributed by atoms with Crippen molar-refractivity contribution >= 4 is 17.6 Å². The second kappa shape index (κ2) is 7.72. The van der Waals surface area contributed by atoms with Crippen LogP contribution in [0.15, 0.2) is 42.6 Å². The van der Waals surface area contributed by atoms with Gasteiger partial charge in [-0.3, -0.25) is 4.98 Å². The zero-order valence-corrected chi connectivity index (χ0v) is 12.3. The molecule has 3 N–H and O–H groups in total. The second-order valence-corrected chi connectivity index (χ2v) is 5.01. The molecule has 1 aromatic carbocycles. The van der Waals surface area contributed by atoms with E-state index < -0.39 is 18.0 Å². The van der Waals surface area contributed by atoms with Crippen molar-refractivity contribution in [3.8, 4) is 0 Å². The van der Waals surface area contributed by atoms with Gasteiger partial charge in [0.1, 0.15) is 5.82 Å². The number of hydrogen-bond acceptors (Lipinski definition) is 3. The summed E-state index contributed by atoms with van der Waals surface area (Å²) in [5.74, 6) is -0.512. The maximum atomic E-state index is 13.5. The lowest BCUT2D eigenvalue weighted by Gasteiger charge is -2.13. The lowest BCUT2D eigenvalue weighted by Crippen LogP contribution is -2.37. The fraction of sp³-hybridized carbons (Fsp3) is 0.200. The van der Waals surface area contributed by atoms with Gasteiger partial charge in [0.05, 0.1) is 23.4 Å². The summed E-state index contributed by atoms with van der Waals surface area (Å²) < 4.78 is 13.5. The van der Waals surface area contributed by atoms with Crippen LogP contribution in [-0.2, 0) is 6.54 Å². The third-order valence-electron chi connectivity index (χ3n) is 2.94. The molecular formula is C15H15ClFN3O2. The van der Waals surface area contributed by atoms with Gasteiger partial charge in [-0.05, 0) is 18.2 Å². The van der Waals surface area contributed by atoms with Crippen molar-refractivity contribution in [2.24, 2.45) is 0 Å². The number of nitrogens with zero attached hydrogens (tertiary/aromatic N) is 1. The first-order chi connectivity index (χ1) is 10.6. The minimum absolute atomic E-state index is 0.0964. The van der Waals surface area contributed by atoms with Crippen molar-refractivity contribution in [1.29, 1.82) is 0 Å². The molecular weight excluding hydrogens is 309 g/mol. The maximum Gasteiger partial charge on any atom is 0.315 e. The molecule has 1 aromatic heterocycles. The van der Waals surface area contributed by atoms with Crippen molar-refractivity contribution < 1.29 is 14.3 Å². The minimum atomic E-state index is -1.11.